The fourth-order valence-corrected chi connectivity index (χ4v) is 4.75. The summed E-state index contributed by atoms with van der Waals surface area (Å²) in [5.41, 5.74) is 3.29. The highest BCUT2D eigenvalue weighted by Crippen LogP contribution is 2.32. The Balaban J connectivity index is 1.19. The second-order valence-corrected chi connectivity index (χ2v) is 8.21. The lowest BCUT2D eigenvalue weighted by Gasteiger charge is -2.38. The van der Waals surface area contributed by atoms with E-state index >= 15 is 0 Å². The van der Waals surface area contributed by atoms with E-state index in [-0.39, 0.29) is 5.92 Å². The Morgan fingerprint density at radius 3 is 2.97 bits per heavy atom. The van der Waals surface area contributed by atoms with Crippen LogP contribution < -0.4 is 4.90 Å². The van der Waals surface area contributed by atoms with E-state index in [1.165, 1.54) is 11.1 Å². The normalized spacial score (nSPS) is 21.8. The molecule has 0 saturated carbocycles. The van der Waals surface area contributed by atoms with Crippen LogP contribution in [0.4, 0.5) is 5.82 Å². The molecular formula is C22H26N6O. The molecule has 0 aliphatic carbocycles. The van der Waals surface area contributed by atoms with Gasteiger partial charge in [-0.15, -0.1) is 0 Å². The average molecular weight is 390 g/mol. The van der Waals surface area contributed by atoms with Crippen LogP contribution in [-0.2, 0) is 11.2 Å². The number of carbonyl (C=O) groups is 1. The zero-order valence-electron chi connectivity index (χ0n) is 16.7. The number of rotatable bonds is 5. The maximum absolute atomic E-state index is 12.9. The van der Waals surface area contributed by atoms with Crippen LogP contribution in [0.1, 0.15) is 30.4 Å². The van der Waals surface area contributed by atoms with Crippen molar-refractivity contribution in [1.29, 1.82) is 0 Å². The first-order valence-electron chi connectivity index (χ1n) is 10.4. The van der Waals surface area contributed by atoms with Crippen molar-refractivity contribution in [3.8, 4) is 0 Å². The van der Waals surface area contributed by atoms with Gasteiger partial charge in [0.25, 0.3) is 0 Å². The zero-order valence-corrected chi connectivity index (χ0v) is 16.7. The molecule has 2 atom stereocenters. The maximum Gasteiger partial charge on any atom is 0.226 e. The number of carbonyl (C=O) groups excluding carboxylic acids is 1. The highest BCUT2D eigenvalue weighted by atomic mass is 16.2. The molecule has 0 aromatic carbocycles. The van der Waals surface area contributed by atoms with Gasteiger partial charge in [0.1, 0.15) is 12.1 Å². The molecule has 2 aliphatic rings. The number of aromatic nitrogens is 4. The second kappa shape index (κ2) is 7.46. The van der Waals surface area contributed by atoms with Crippen LogP contribution in [0.15, 0.2) is 43.0 Å². The summed E-state index contributed by atoms with van der Waals surface area (Å²) >= 11 is 0. The van der Waals surface area contributed by atoms with Crippen molar-refractivity contribution in [3.63, 3.8) is 0 Å². The number of amides is 1. The van der Waals surface area contributed by atoms with E-state index in [9.17, 15) is 4.79 Å². The Kier molecular flexibility index (Phi) is 4.66. The van der Waals surface area contributed by atoms with Crippen LogP contribution in [0.25, 0.3) is 5.65 Å². The molecule has 29 heavy (non-hydrogen) atoms. The number of piperazine rings is 1. The Labute approximate surface area is 170 Å². The van der Waals surface area contributed by atoms with Crippen molar-refractivity contribution in [2.75, 3.05) is 24.5 Å². The molecule has 0 bridgehead atoms. The van der Waals surface area contributed by atoms with Crippen LogP contribution in [-0.4, -0.2) is 56.1 Å². The third-order valence-corrected chi connectivity index (χ3v) is 6.28. The van der Waals surface area contributed by atoms with Crippen molar-refractivity contribution in [3.05, 3.63) is 54.1 Å². The lowest BCUT2D eigenvalue weighted by molar-refractivity contribution is -0.132. The number of anilines is 1. The predicted molar refractivity (Wildman–Crippen MR) is 111 cm³/mol. The minimum atomic E-state index is 0.142. The third kappa shape index (κ3) is 3.45. The summed E-state index contributed by atoms with van der Waals surface area (Å²) in [7, 11) is 0. The SMILES string of the molecule is Cc1ccc(N2CCN3C(=O)[C@@H](CCCc4cccn5ncnc45)C[C@@H]3C2)nc1. The van der Waals surface area contributed by atoms with Crippen LogP contribution in [0.3, 0.4) is 0 Å². The lowest BCUT2D eigenvalue weighted by Crippen LogP contribution is -2.51. The van der Waals surface area contributed by atoms with E-state index in [1.54, 1.807) is 6.33 Å². The summed E-state index contributed by atoms with van der Waals surface area (Å²) in [5, 5.41) is 4.20. The van der Waals surface area contributed by atoms with Gasteiger partial charge in [-0.25, -0.2) is 14.5 Å². The summed E-state index contributed by atoms with van der Waals surface area (Å²) in [5.74, 6) is 1.50. The number of pyridine rings is 2. The number of hydrogen-bond donors (Lipinski definition) is 0. The minimum Gasteiger partial charge on any atom is -0.353 e. The van der Waals surface area contributed by atoms with Gasteiger partial charge in [-0.3, -0.25) is 4.79 Å². The van der Waals surface area contributed by atoms with Gasteiger partial charge >= 0.3 is 0 Å². The van der Waals surface area contributed by atoms with Gasteiger partial charge < -0.3 is 9.80 Å². The molecule has 2 saturated heterocycles. The average Bonchev–Trinajstić information content (AvgIpc) is 3.34. The molecular weight excluding hydrogens is 364 g/mol. The van der Waals surface area contributed by atoms with Gasteiger partial charge in [-0.1, -0.05) is 12.1 Å². The Morgan fingerprint density at radius 1 is 1.17 bits per heavy atom. The smallest absolute Gasteiger partial charge is 0.226 e. The lowest BCUT2D eigenvalue weighted by atomic mass is 9.96. The first-order chi connectivity index (χ1) is 14.2. The highest BCUT2D eigenvalue weighted by molar-refractivity contribution is 5.82. The molecule has 7 nitrogen and oxygen atoms in total. The monoisotopic (exact) mass is 390 g/mol. The van der Waals surface area contributed by atoms with Gasteiger partial charge in [-0.2, -0.15) is 5.10 Å². The molecule has 3 aromatic rings. The third-order valence-electron chi connectivity index (χ3n) is 6.28. The fraction of sp³-hybridized carbons (Fsp3) is 0.455. The van der Waals surface area contributed by atoms with Gasteiger partial charge in [0.05, 0.1) is 6.04 Å². The van der Waals surface area contributed by atoms with E-state index in [0.29, 0.717) is 11.9 Å². The van der Waals surface area contributed by atoms with Crippen LogP contribution in [0, 0.1) is 12.8 Å². The van der Waals surface area contributed by atoms with E-state index in [4.69, 9.17) is 0 Å². The molecule has 0 radical (unpaired) electrons. The highest BCUT2D eigenvalue weighted by Gasteiger charge is 2.42. The molecule has 0 N–H and O–H groups in total. The Morgan fingerprint density at radius 2 is 2.10 bits per heavy atom. The molecule has 1 amide bonds. The summed E-state index contributed by atoms with van der Waals surface area (Å²) < 4.78 is 1.81. The topological polar surface area (TPSA) is 66.6 Å². The first-order valence-corrected chi connectivity index (χ1v) is 10.4. The van der Waals surface area contributed by atoms with Gasteiger partial charge in [0.15, 0.2) is 5.65 Å². The summed E-state index contributed by atoms with van der Waals surface area (Å²) in [6.45, 7) is 4.60. The fourth-order valence-electron chi connectivity index (χ4n) is 4.75. The standard InChI is InChI=1S/C22H26N6O/c1-16-7-8-20(23-13-16)26-10-11-27-19(14-26)12-18(22(27)29)5-2-4-17-6-3-9-28-21(17)24-15-25-28/h3,6-9,13,15,18-19H,2,4-5,10-12,14H2,1H3/t18-,19+/m0/s1. The number of nitrogens with zero attached hydrogens (tertiary/aromatic N) is 6. The van der Waals surface area contributed by atoms with E-state index in [2.05, 4.69) is 50.0 Å². The molecule has 2 fully saturated rings. The van der Waals surface area contributed by atoms with Crippen molar-refractivity contribution in [1.82, 2.24) is 24.5 Å². The Bertz CT molecular complexity index is 1010. The zero-order chi connectivity index (χ0) is 19.8. The molecule has 2 aliphatic heterocycles. The van der Waals surface area contributed by atoms with Crippen molar-refractivity contribution < 1.29 is 4.79 Å². The molecule has 5 heterocycles. The summed E-state index contributed by atoms with van der Waals surface area (Å²) in [4.78, 5) is 26.3. The van der Waals surface area contributed by atoms with E-state index in [0.717, 1.165) is 56.8 Å². The quantitative estimate of drug-likeness (QED) is 0.670. The molecule has 0 unspecified atom stereocenters. The molecule has 3 aromatic heterocycles. The van der Waals surface area contributed by atoms with Gasteiger partial charge in [-0.05, 0) is 55.9 Å². The largest absolute Gasteiger partial charge is 0.353 e. The molecule has 150 valence electrons. The van der Waals surface area contributed by atoms with Crippen molar-refractivity contribution >= 4 is 17.4 Å². The molecule has 7 heteroatoms. The van der Waals surface area contributed by atoms with Crippen molar-refractivity contribution in [2.45, 2.75) is 38.6 Å². The van der Waals surface area contributed by atoms with E-state index in [1.807, 2.05) is 23.0 Å². The predicted octanol–water partition coefficient (Wildman–Crippen LogP) is 2.49. The minimum absolute atomic E-state index is 0.142. The van der Waals surface area contributed by atoms with Crippen LogP contribution in [0.5, 0.6) is 0 Å². The first kappa shape index (κ1) is 18.1. The van der Waals surface area contributed by atoms with Crippen LogP contribution >= 0.6 is 0 Å². The molecule has 5 rings (SSSR count). The molecule has 0 spiro atoms. The summed E-state index contributed by atoms with van der Waals surface area (Å²) in [6, 6.07) is 8.61. The number of aryl methyl sites for hydroxylation is 2. The Hall–Kier alpha value is -2.96. The summed E-state index contributed by atoms with van der Waals surface area (Å²) in [6.07, 6.45) is 9.23. The van der Waals surface area contributed by atoms with Gasteiger partial charge in [0, 0.05) is 37.9 Å². The second-order valence-electron chi connectivity index (χ2n) is 8.21. The van der Waals surface area contributed by atoms with Gasteiger partial charge in [0.2, 0.25) is 5.91 Å². The van der Waals surface area contributed by atoms with Crippen LogP contribution in [0.2, 0.25) is 0 Å². The van der Waals surface area contributed by atoms with E-state index < -0.39 is 0 Å². The number of fused-ring (bicyclic) bond motifs is 2. The van der Waals surface area contributed by atoms with Crippen molar-refractivity contribution in [2.24, 2.45) is 5.92 Å². The maximum atomic E-state index is 12.9. The number of hydrogen-bond acceptors (Lipinski definition) is 5.